The van der Waals surface area contributed by atoms with Gasteiger partial charge in [-0.05, 0) is 74.9 Å². The molecule has 0 aliphatic heterocycles. The minimum atomic E-state index is -4.24. The highest BCUT2D eigenvalue weighted by Crippen LogP contribution is 2.25. The maximum Gasteiger partial charge on any atom is 0.264 e. The van der Waals surface area contributed by atoms with Crippen LogP contribution in [-0.4, -0.2) is 44.3 Å². The van der Waals surface area contributed by atoms with Crippen LogP contribution in [0.5, 0.6) is 0 Å². The van der Waals surface area contributed by atoms with E-state index in [1.807, 2.05) is 31.2 Å². The van der Waals surface area contributed by atoms with Gasteiger partial charge >= 0.3 is 0 Å². The summed E-state index contributed by atoms with van der Waals surface area (Å²) < 4.78 is 42.6. The van der Waals surface area contributed by atoms with E-state index in [1.165, 1.54) is 4.90 Å². The summed E-state index contributed by atoms with van der Waals surface area (Å²) in [4.78, 5) is 27.6. The molecule has 10 heteroatoms. The monoisotopic (exact) mass is 589 g/mol. The van der Waals surface area contributed by atoms with Gasteiger partial charge in [0, 0.05) is 17.6 Å². The molecule has 0 radical (unpaired) electrons. The van der Waals surface area contributed by atoms with Crippen LogP contribution in [0.2, 0.25) is 0 Å². The molecule has 0 saturated carbocycles. The van der Waals surface area contributed by atoms with Crippen LogP contribution < -0.4 is 9.62 Å². The molecule has 3 rings (SSSR count). The largest absolute Gasteiger partial charge is 0.355 e. The van der Waals surface area contributed by atoms with Gasteiger partial charge in [-0.3, -0.25) is 13.9 Å². The normalized spacial score (nSPS) is 12.0. The molecule has 0 saturated heterocycles. The number of carbonyl (C=O) groups is 2. The van der Waals surface area contributed by atoms with Gasteiger partial charge in [0.05, 0.1) is 10.6 Å². The van der Waals surface area contributed by atoms with E-state index in [4.69, 9.17) is 0 Å². The van der Waals surface area contributed by atoms with Crippen LogP contribution in [0.1, 0.15) is 25.0 Å². The minimum Gasteiger partial charge on any atom is -0.355 e. The molecule has 37 heavy (non-hydrogen) atoms. The van der Waals surface area contributed by atoms with E-state index >= 15 is 0 Å². The van der Waals surface area contributed by atoms with Crippen molar-refractivity contribution in [1.82, 2.24) is 10.2 Å². The fourth-order valence-corrected chi connectivity index (χ4v) is 5.57. The van der Waals surface area contributed by atoms with Gasteiger partial charge < -0.3 is 10.2 Å². The lowest BCUT2D eigenvalue weighted by atomic mass is 10.1. The van der Waals surface area contributed by atoms with Crippen molar-refractivity contribution in [2.75, 3.05) is 17.4 Å². The van der Waals surface area contributed by atoms with Crippen LogP contribution in [0.3, 0.4) is 0 Å². The zero-order valence-electron chi connectivity index (χ0n) is 20.8. The van der Waals surface area contributed by atoms with Crippen LogP contribution in [0.25, 0.3) is 0 Å². The first-order valence-electron chi connectivity index (χ1n) is 11.7. The number of hydrogen-bond donors (Lipinski definition) is 1. The molecule has 0 bridgehead atoms. The van der Waals surface area contributed by atoms with Crippen molar-refractivity contribution in [3.63, 3.8) is 0 Å². The molecule has 0 fully saturated rings. The summed E-state index contributed by atoms with van der Waals surface area (Å²) in [5, 5.41) is 2.72. The summed E-state index contributed by atoms with van der Waals surface area (Å²) in [6.07, 6.45) is 0. The van der Waals surface area contributed by atoms with Gasteiger partial charge in [0.1, 0.15) is 18.4 Å². The maximum atomic E-state index is 13.7. The zero-order valence-corrected chi connectivity index (χ0v) is 23.2. The summed E-state index contributed by atoms with van der Waals surface area (Å²) in [6.45, 7) is 5.17. The Kier molecular flexibility index (Phi) is 9.45. The predicted octanol–water partition coefficient (Wildman–Crippen LogP) is 4.65. The molecule has 0 aliphatic rings. The van der Waals surface area contributed by atoms with Gasteiger partial charge in [-0.25, -0.2) is 12.8 Å². The van der Waals surface area contributed by atoms with E-state index in [9.17, 15) is 22.4 Å². The third-order valence-corrected chi connectivity index (χ3v) is 8.04. The molecule has 1 N–H and O–H groups in total. The molecular weight excluding hydrogens is 561 g/mol. The Bertz CT molecular complexity index is 1350. The first-order valence-corrected chi connectivity index (χ1v) is 13.9. The fraction of sp³-hybridized carbons (Fsp3) is 0.259. The number of sulfonamides is 1. The first kappa shape index (κ1) is 28.3. The third-order valence-electron chi connectivity index (χ3n) is 5.76. The molecule has 3 aromatic carbocycles. The fourth-order valence-electron chi connectivity index (χ4n) is 3.71. The van der Waals surface area contributed by atoms with E-state index < -0.39 is 34.3 Å². The summed E-state index contributed by atoms with van der Waals surface area (Å²) in [6, 6.07) is 17.6. The van der Waals surface area contributed by atoms with Crippen LogP contribution in [0, 0.1) is 12.7 Å². The van der Waals surface area contributed by atoms with E-state index in [1.54, 1.807) is 38.1 Å². The average molecular weight is 591 g/mol. The van der Waals surface area contributed by atoms with Gasteiger partial charge in [-0.15, -0.1) is 0 Å². The predicted molar refractivity (Wildman–Crippen MR) is 145 cm³/mol. The Hall–Kier alpha value is -3.24. The Morgan fingerprint density at radius 2 is 1.68 bits per heavy atom. The molecule has 1 atom stereocenters. The van der Waals surface area contributed by atoms with E-state index in [0.29, 0.717) is 6.54 Å². The minimum absolute atomic E-state index is 0.0922. The number of likely N-dealkylation sites (N-methyl/N-ethyl adjacent to an activating group) is 1. The topological polar surface area (TPSA) is 86.8 Å². The van der Waals surface area contributed by atoms with E-state index in [0.717, 1.165) is 44.2 Å². The van der Waals surface area contributed by atoms with Gasteiger partial charge in [0.15, 0.2) is 0 Å². The number of hydrogen-bond acceptors (Lipinski definition) is 4. The van der Waals surface area contributed by atoms with Crippen molar-refractivity contribution in [1.29, 1.82) is 0 Å². The van der Waals surface area contributed by atoms with Gasteiger partial charge in [-0.2, -0.15) is 0 Å². The number of rotatable bonds is 10. The standard InChI is InChI=1S/C27H29BrFN3O4S/c1-4-30-27(34)20(3)31(17-21-6-5-7-22(28)16-21)26(33)18-32(24-12-8-19(2)9-13-24)37(35,36)25-14-10-23(29)11-15-25/h5-16,20H,4,17-18H2,1-3H3,(H,30,34)/t20-/m0/s1. The molecule has 7 nitrogen and oxygen atoms in total. The van der Waals surface area contributed by atoms with Crippen LogP contribution in [0.4, 0.5) is 10.1 Å². The van der Waals surface area contributed by atoms with Crippen molar-refractivity contribution < 1.29 is 22.4 Å². The maximum absolute atomic E-state index is 13.7. The second-order valence-corrected chi connectivity index (χ2v) is 11.3. The van der Waals surface area contributed by atoms with Crippen molar-refractivity contribution in [2.24, 2.45) is 0 Å². The lowest BCUT2D eigenvalue weighted by Crippen LogP contribution is -2.51. The van der Waals surface area contributed by atoms with Crippen LogP contribution >= 0.6 is 15.9 Å². The molecular formula is C27H29BrFN3O4S. The van der Waals surface area contributed by atoms with E-state index in [-0.39, 0.29) is 23.0 Å². The number of nitrogens with one attached hydrogen (secondary N) is 1. The lowest BCUT2D eigenvalue weighted by molar-refractivity contribution is -0.139. The van der Waals surface area contributed by atoms with E-state index in [2.05, 4.69) is 21.2 Å². The van der Waals surface area contributed by atoms with Crippen molar-refractivity contribution in [3.05, 3.63) is 94.2 Å². The third kappa shape index (κ3) is 7.17. The number of nitrogens with zero attached hydrogens (tertiary/aromatic N) is 2. The smallest absolute Gasteiger partial charge is 0.264 e. The quantitative estimate of drug-likeness (QED) is 0.373. The number of amides is 2. The molecule has 0 heterocycles. The summed E-state index contributed by atoms with van der Waals surface area (Å²) in [5.74, 6) is -1.49. The van der Waals surface area contributed by atoms with Crippen molar-refractivity contribution in [2.45, 2.75) is 38.3 Å². The number of aryl methyl sites for hydroxylation is 1. The molecule has 3 aromatic rings. The number of anilines is 1. The zero-order chi connectivity index (χ0) is 27.2. The van der Waals surface area contributed by atoms with Gasteiger partial charge in [0.2, 0.25) is 11.8 Å². The molecule has 0 unspecified atom stereocenters. The first-order chi connectivity index (χ1) is 17.5. The lowest BCUT2D eigenvalue weighted by Gasteiger charge is -2.32. The summed E-state index contributed by atoms with van der Waals surface area (Å²) in [5.41, 5.74) is 1.95. The molecule has 0 aromatic heterocycles. The molecule has 196 valence electrons. The van der Waals surface area contributed by atoms with Gasteiger partial charge in [-0.1, -0.05) is 45.8 Å². The SMILES string of the molecule is CCNC(=O)[C@H](C)N(Cc1cccc(Br)c1)C(=O)CN(c1ccc(C)cc1)S(=O)(=O)c1ccc(F)cc1. The number of benzene rings is 3. The van der Waals surface area contributed by atoms with Gasteiger partial charge in [0.25, 0.3) is 10.0 Å². The van der Waals surface area contributed by atoms with Crippen molar-refractivity contribution in [3.8, 4) is 0 Å². The van der Waals surface area contributed by atoms with Crippen molar-refractivity contribution >= 4 is 43.5 Å². The highest BCUT2D eigenvalue weighted by molar-refractivity contribution is 9.10. The molecule has 0 spiro atoms. The highest BCUT2D eigenvalue weighted by Gasteiger charge is 2.32. The molecule has 0 aliphatic carbocycles. The second kappa shape index (κ2) is 12.3. The second-order valence-electron chi connectivity index (χ2n) is 8.52. The Morgan fingerprint density at radius 1 is 1.03 bits per heavy atom. The summed E-state index contributed by atoms with van der Waals surface area (Å²) in [7, 11) is -4.24. The van der Waals surface area contributed by atoms with Crippen LogP contribution in [-0.2, 0) is 26.2 Å². The Balaban J connectivity index is 2.02. The Labute approximate surface area is 225 Å². The summed E-state index contributed by atoms with van der Waals surface area (Å²) >= 11 is 3.42. The number of halogens is 2. The average Bonchev–Trinajstić information content (AvgIpc) is 2.86. The number of carbonyl (C=O) groups excluding carboxylic acids is 2. The van der Waals surface area contributed by atoms with Crippen LogP contribution in [0.15, 0.2) is 82.2 Å². The Morgan fingerprint density at radius 3 is 2.27 bits per heavy atom. The molecule has 2 amide bonds. The highest BCUT2D eigenvalue weighted by atomic mass is 79.9.